The summed E-state index contributed by atoms with van der Waals surface area (Å²) in [7, 11) is 0. The van der Waals surface area contributed by atoms with Crippen LogP contribution in [0.5, 0.6) is 0 Å². The number of benzene rings is 3. The fourth-order valence-corrected chi connectivity index (χ4v) is 4.89. The van der Waals surface area contributed by atoms with Crippen LogP contribution < -0.4 is 15.5 Å². The van der Waals surface area contributed by atoms with Gasteiger partial charge in [0.2, 0.25) is 0 Å². The molecule has 5 rings (SSSR count). The lowest BCUT2D eigenvalue weighted by atomic mass is 10.1. The highest BCUT2D eigenvalue weighted by Gasteiger charge is 2.17. The van der Waals surface area contributed by atoms with Gasteiger partial charge in [-0.15, -0.1) is 11.3 Å². The third kappa shape index (κ3) is 6.00. The standard InChI is InChI=1S/C29H28N4O2S/c34-28(23-8-10-24(11-9-23)31-29(35)27-7-4-20-36-27)30-25-12-14-26(15-13-25)33-18-16-32(17-19-33)21-22-5-2-1-3-6-22/h1-15,20H,16-19,21H2,(H,30,34)(H,31,35). The topological polar surface area (TPSA) is 64.7 Å². The molecule has 1 aliphatic heterocycles. The maximum atomic E-state index is 12.7. The normalized spacial score (nSPS) is 13.8. The molecule has 182 valence electrons. The van der Waals surface area contributed by atoms with Crippen LogP contribution in [-0.4, -0.2) is 42.9 Å². The molecule has 2 N–H and O–H groups in total. The minimum absolute atomic E-state index is 0.153. The molecule has 7 heteroatoms. The molecule has 1 aliphatic rings. The van der Waals surface area contributed by atoms with E-state index in [1.54, 1.807) is 30.3 Å². The minimum Gasteiger partial charge on any atom is -0.369 e. The summed E-state index contributed by atoms with van der Waals surface area (Å²) in [5.41, 5.74) is 4.45. The molecular weight excluding hydrogens is 468 g/mol. The van der Waals surface area contributed by atoms with Crippen molar-refractivity contribution in [3.05, 3.63) is 112 Å². The second kappa shape index (κ2) is 11.2. The lowest BCUT2D eigenvalue weighted by Gasteiger charge is -2.36. The van der Waals surface area contributed by atoms with E-state index in [2.05, 4.69) is 62.9 Å². The highest BCUT2D eigenvalue weighted by atomic mass is 32.1. The maximum Gasteiger partial charge on any atom is 0.265 e. The van der Waals surface area contributed by atoms with Gasteiger partial charge in [0.25, 0.3) is 11.8 Å². The van der Waals surface area contributed by atoms with Crippen LogP contribution in [-0.2, 0) is 6.54 Å². The first-order valence-corrected chi connectivity index (χ1v) is 12.9. The summed E-state index contributed by atoms with van der Waals surface area (Å²) in [6, 6.07) is 29.1. The van der Waals surface area contributed by atoms with E-state index in [1.807, 2.05) is 23.6 Å². The van der Waals surface area contributed by atoms with Crippen molar-refractivity contribution in [2.45, 2.75) is 6.54 Å². The Morgan fingerprint density at radius 3 is 1.97 bits per heavy atom. The first-order chi connectivity index (χ1) is 17.6. The van der Waals surface area contributed by atoms with Gasteiger partial charge in [-0.1, -0.05) is 36.4 Å². The van der Waals surface area contributed by atoms with Gasteiger partial charge in [-0.3, -0.25) is 14.5 Å². The van der Waals surface area contributed by atoms with E-state index in [1.165, 1.54) is 16.9 Å². The molecule has 1 aromatic heterocycles. The van der Waals surface area contributed by atoms with Crippen LogP contribution in [0.3, 0.4) is 0 Å². The first-order valence-electron chi connectivity index (χ1n) is 12.0. The zero-order chi connectivity index (χ0) is 24.7. The molecule has 6 nitrogen and oxygen atoms in total. The van der Waals surface area contributed by atoms with Crippen LogP contribution in [0.25, 0.3) is 0 Å². The molecule has 0 saturated carbocycles. The molecule has 4 aromatic rings. The Labute approximate surface area is 215 Å². The van der Waals surface area contributed by atoms with Gasteiger partial charge in [-0.2, -0.15) is 0 Å². The summed E-state index contributed by atoms with van der Waals surface area (Å²) < 4.78 is 0. The van der Waals surface area contributed by atoms with E-state index < -0.39 is 0 Å². The zero-order valence-electron chi connectivity index (χ0n) is 19.9. The molecule has 0 radical (unpaired) electrons. The lowest BCUT2D eigenvalue weighted by molar-refractivity contribution is 0.102. The van der Waals surface area contributed by atoms with Crippen molar-refractivity contribution in [3.8, 4) is 0 Å². The summed E-state index contributed by atoms with van der Waals surface area (Å²) in [6.07, 6.45) is 0. The molecule has 1 saturated heterocycles. The van der Waals surface area contributed by atoms with Crippen molar-refractivity contribution in [3.63, 3.8) is 0 Å². The predicted octanol–water partition coefficient (Wildman–Crippen LogP) is 5.57. The summed E-state index contributed by atoms with van der Waals surface area (Å²) in [5, 5.41) is 7.66. The van der Waals surface area contributed by atoms with Crippen molar-refractivity contribution in [2.75, 3.05) is 41.7 Å². The molecule has 0 aliphatic carbocycles. The fraction of sp³-hybridized carbons (Fsp3) is 0.172. The summed E-state index contributed by atoms with van der Waals surface area (Å²) in [4.78, 5) is 30.4. The SMILES string of the molecule is O=C(Nc1ccc(N2CCN(Cc3ccccc3)CC2)cc1)c1ccc(NC(=O)c2cccs2)cc1. The Morgan fingerprint density at radius 1 is 0.694 bits per heavy atom. The van der Waals surface area contributed by atoms with Crippen molar-refractivity contribution >= 4 is 40.2 Å². The molecule has 0 spiro atoms. The zero-order valence-corrected chi connectivity index (χ0v) is 20.7. The Morgan fingerprint density at radius 2 is 1.33 bits per heavy atom. The Balaban J connectivity index is 1.11. The van der Waals surface area contributed by atoms with Gasteiger partial charge in [-0.25, -0.2) is 0 Å². The molecule has 2 amide bonds. The summed E-state index contributed by atoms with van der Waals surface area (Å²) in [5.74, 6) is -0.340. The number of piperazine rings is 1. The Bertz CT molecular complexity index is 1280. The largest absolute Gasteiger partial charge is 0.369 e. The average Bonchev–Trinajstić information content (AvgIpc) is 3.46. The van der Waals surface area contributed by atoms with Crippen LogP contribution in [0, 0.1) is 0 Å². The molecule has 2 heterocycles. The summed E-state index contributed by atoms with van der Waals surface area (Å²) >= 11 is 1.39. The minimum atomic E-state index is -0.187. The molecule has 1 fully saturated rings. The van der Waals surface area contributed by atoms with Gasteiger partial charge in [-0.05, 0) is 65.5 Å². The number of carbonyl (C=O) groups is 2. The van der Waals surface area contributed by atoms with Crippen molar-refractivity contribution in [1.29, 1.82) is 0 Å². The van der Waals surface area contributed by atoms with Crippen molar-refractivity contribution in [2.24, 2.45) is 0 Å². The monoisotopic (exact) mass is 496 g/mol. The molecule has 0 bridgehead atoms. The van der Waals surface area contributed by atoms with Crippen LogP contribution in [0.2, 0.25) is 0 Å². The van der Waals surface area contributed by atoms with Gasteiger partial charge >= 0.3 is 0 Å². The third-order valence-electron chi connectivity index (χ3n) is 6.26. The molecule has 0 atom stereocenters. The number of hydrogen-bond acceptors (Lipinski definition) is 5. The first kappa shape index (κ1) is 23.8. The van der Waals surface area contributed by atoms with E-state index >= 15 is 0 Å². The van der Waals surface area contributed by atoms with E-state index in [0.29, 0.717) is 16.1 Å². The summed E-state index contributed by atoms with van der Waals surface area (Å²) in [6.45, 7) is 5.00. The average molecular weight is 497 g/mol. The van der Waals surface area contributed by atoms with Gasteiger partial charge in [0, 0.05) is 55.3 Å². The highest BCUT2D eigenvalue weighted by molar-refractivity contribution is 7.12. The molecule has 3 aromatic carbocycles. The van der Waals surface area contributed by atoms with E-state index in [9.17, 15) is 9.59 Å². The third-order valence-corrected chi connectivity index (χ3v) is 7.13. The predicted molar refractivity (Wildman–Crippen MR) is 147 cm³/mol. The highest BCUT2D eigenvalue weighted by Crippen LogP contribution is 2.21. The van der Waals surface area contributed by atoms with Crippen LogP contribution in [0.4, 0.5) is 17.1 Å². The number of carbonyl (C=O) groups excluding carboxylic acids is 2. The van der Waals surface area contributed by atoms with Crippen LogP contribution in [0.1, 0.15) is 25.6 Å². The van der Waals surface area contributed by atoms with Crippen molar-refractivity contribution in [1.82, 2.24) is 4.90 Å². The molecule has 0 unspecified atom stereocenters. The maximum absolute atomic E-state index is 12.7. The Kier molecular flexibility index (Phi) is 7.40. The molecule has 36 heavy (non-hydrogen) atoms. The van der Waals surface area contributed by atoms with E-state index in [4.69, 9.17) is 0 Å². The lowest BCUT2D eigenvalue weighted by Crippen LogP contribution is -2.45. The van der Waals surface area contributed by atoms with Gasteiger partial charge in [0.15, 0.2) is 0 Å². The van der Waals surface area contributed by atoms with Crippen LogP contribution in [0.15, 0.2) is 96.4 Å². The van der Waals surface area contributed by atoms with Gasteiger partial charge in [0.1, 0.15) is 0 Å². The number of thiophene rings is 1. The molecular formula is C29H28N4O2S. The smallest absolute Gasteiger partial charge is 0.265 e. The number of nitrogens with one attached hydrogen (secondary N) is 2. The Hall–Kier alpha value is -3.94. The van der Waals surface area contributed by atoms with Crippen LogP contribution >= 0.6 is 11.3 Å². The second-order valence-electron chi connectivity index (χ2n) is 8.76. The van der Waals surface area contributed by atoms with Gasteiger partial charge in [0.05, 0.1) is 4.88 Å². The number of anilines is 3. The number of nitrogens with zero attached hydrogens (tertiary/aromatic N) is 2. The second-order valence-corrected chi connectivity index (χ2v) is 9.71. The number of amides is 2. The van der Waals surface area contributed by atoms with Crippen molar-refractivity contribution < 1.29 is 9.59 Å². The fourth-order valence-electron chi connectivity index (χ4n) is 4.27. The van der Waals surface area contributed by atoms with E-state index in [0.717, 1.165) is 44.1 Å². The quantitative estimate of drug-likeness (QED) is 0.351. The van der Waals surface area contributed by atoms with Gasteiger partial charge < -0.3 is 15.5 Å². The number of rotatable bonds is 7. The van der Waals surface area contributed by atoms with E-state index in [-0.39, 0.29) is 11.8 Å². The number of hydrogen-bond donors (Lipinski definition) is 2.